The molecular formula is C20H37O6. The summed E-state index contributed by atoms with van der Waals surface area (Å²) in [6.45, 7) is 5.42. The van der Waals surface area contributed by atoms with Gasteiger partial charge in [0.25, 0.3) is 0 Å². The zero-order valence-electron chi connectivity index (χ0n) is 16.5. The standard InChI is InChI=1S/C20H37O6/c1-3-5-7-9-10-11-12-13-15-18(22)20(24,26-17-21)19(23)25-16-14-8-6-4-2/h18,22,24H,3-16H2,1-2H3. The lowest BCUT2D eigenvalue weighted by Gasteiger charge is -2.28. The summed E-state index contributed by atoms with van der Waals surface area (Å²) in [4.78, 5) is 22.5. The van der Waals surface area contributed by atoms with Crippen molar-refractivity contribution < 1.29 is 29.3 Å². The summed E-state index contributed by atoms with van der Waals surface area (Å²) < 4.78 is 9.34. The van der Waals surface area contributed by atoms with Crippen molar-refractivity contribution >= 4 is 12.4 Å². The molecule has 0 amide bonds. The second-order valence-corrected chi connectivity index (χ2v) is 6.86. The zero-order chi connectivity index (χ0) is 19.7. The Morgan fingerprint density at radius 2 is 1.42 bits per heavy atom. The Balaban J connectivity index is 4.16. The van der Waals surface area contributed by atoms with Crippen molar-refractivity contribution in [3.63, 3.8) is 0 Å². The van der Waals surface area contributed by atoms with Crippen LogP contribution in [0.3, 0.4) is 0 Å². The molecule has 0 bridgehead atoms. The third-order valence-corrected chi connectivity index (χ3v) is 4.50. The minimum atomic E-state index is -2.67. The number of hydrogen-bond donors (Lipinski definition) is 2. The molecule has 1 radical (unpaired) electrons. The highest BCUT2D eigenvalue weighted by Crippen LogP contribution is 2.21. The molecule has 2 N–H and O–H groups in total. The predicted molar refractivity (Wildman–Crippen MR) is 100 cm³/mol. The molecule has 6 nitrogen and oxygen atoms in total. The molecule has 0 fully saturated rings. The van der Waals surface area contributed by atoms with E-state index >= 15 is 0 Å². The van der Waals surface area contributed by atoms with Gasteiger partial charge >= 0.3 is 18.2 Å². The number of carbonyl (C=O) groups excluding carboxylic acids is 2. The molecular weight excluding hydrogens is 336 g/mol. The average molecular weight is 374 g/mol. The van der Waals surface area contributed by atoms with Crippen LogP contribution in [-0.2, 0) is 19.1 Å². The summed E-state index contributed by atoms with van der Waals surface area (Å²) in [5, 5.41) is 20.4. The maximum atomic E-state index is 12.0. The van der Waals surface area contributed by atoms with E-state index in [0.717, 1.165) is 45.0 Å². The van der Waals surface area contributed by atoms with Crippen LogP contribution in [0.1, 0.15) is 97.3 Å². The Morgan fingerprint density at radius 1 is 0.923 bits per heavy atom. The van der Waals surface area contributed by atoms with Crippen LogP contribution in [-0.4, -0.2) is 41.2 Å². The van der Waals surface area contributed by atoms with Gasteiger partial charge in [0.15, 0.2) is 0 Å². The van der Waals surface area contributed by atoms with E-state index in [1.165, 1.54) is 25.7 Å². The first-order valence-electron chi connectivity index (χ1n) is 10.2. The molecule has 6 heteroatoms. The van der Waals surface area contributed by atoms with Gasteiger partial charge in [-0.2, -0.15) is 0 Å². The number of aliphatic hydroxyl groups is 2. The number of esters is 1. The lowest BCUT2D eigenvalue weighted by molar-refractivity contribution is -0.235. The fraction of sp³-hybridized carbons (Fsp3) is 0.900. The normalized spacial score (nSPS) is 14.5. The van der Waals surface area contributed by atoms with Gasteiger partial charge < -0.3 is 19.7 Å². The zero-order valence-corrected chi connectivity index (χ0v) is 16.5. The van der Waals surface area contributed by atoms with E-state index in [-0.39, 0.29) is 13.0 Å². The second-order valence-electron chi connectivity index (χ2n) is 6.86. The lowest BCUT2D eigenvalue weighted by atomic mass is 10.0. The first-order valence-corrected chi connectivity index (χ1v) is 10.2. The number of aliphatic hydroxyl groups excluding tert-OH is 1. The summed E-state index contributed by atoms with van der Waals surface area (Å²) in [5.74, 6) is -3.81. The third kappa shape index (κ3) is 10.8. The first-order chi connectivity index (χ1) is 12.5. The monoisotopic (exact) mass is 373 g/mol. The summed E-state index contributed by atoms with van der Waals surface area (Å²) in [6.07, 6.45) is 10.9. The number of rotatable bonds is 18. The molecule has 0 aliphatic heterocycles. The largest absolute Gasteiger partial charge is 0.461 e. The van der Waals surface area contributed by atoms with Crippen molar-refractivity contribution in [3.8, 4) is 0 Å². The van der Waals surface area contributed by atoms with Crippen molar-refractivity contribution in [3.05, 3.63) is 0 Å². The highest BCUT2D eigenvalue weighted by atomic mass is 16.7. The Labute approximate surface area is 158 Å². The van der Waals surface area contributed by atoms with Crippen LogP contribution in [0.4, 0.5) is 0 Å². The van der Waals surface area contributed by atoms with Crippen LogP contribution >= 0.6 is 0 Å². The van der Waals surface area contributed by atoms with Gasteiger partial charge in [-0.1, -0.05) is 84.5 Å². The Bertz CT molecular complexity index is 360. The first kappa shape index (κ1) is 24.9. The molecule has 2 unspecified atom stereocenters. The van der Waals surface area contributed by atoms with Crippen molar-refractivity contribution in [2.24, 2.45) is 0 Å². The summed E-state index contributed by atoms with van der Waals surface area (Å²) in [6, 6.07) is 0. The fourth-order valence-electron chi connectivity index (χ4n) is 2.77. The van der Waals surface area contributed by atoms with Gasteiger partial charge in [0.05, 0.1) is 6.61 Å². The number of carbonyl (C=O) groups is 1. The molecule has 0 saturated carbocycles. The van der Waals surface area contributed by atoms with Crippen molar-refractivity contribution in [2.45, 2.75) is 109 Å². The van der Waals surface area contributed by atoms with E-state index < -0.39 is 17.9 Å². The molecule has 0 spiro atoms. The van der Waals surface area contributed by atoms with E-state index in [9.17, 15) is 19.8 Å². The van der Waals surface area contributed by atoms with Gasteiger partial charge in [0, 0.05) is 0 Å². The highest BCUT2D eigenvalue weighted by Gasteiger charge is 2.47. The molecule has 2 atom stereocenters. The van der Waals surface area contributed by atoms with Crippen molar-refractivity contribution in [2.75, 3.05) is 6.61 Å². The minimum Gasteiger partial charge on any atom is -0.461 e. The molecule has 0 aliphatic rings. The van der Waals surface area contributed by atoms with E-state index in [2.05, 4.69) is 18.6 Å². The second kappa shape index (κ2) is 16.1. The van der Waals surface area contributed by atoms with Crippen molar-refractivity contribution in [1.82, 2.24) is 0 Å². The molecule has 26 heavy (non-hydrogen) atoms. The van der Waals surface area contributed by atoms with Gasteiger partial charge in [-0.05, 0) is 12.8 Å². The number of ether oxygens (including phenoxy) is 2. The maximum Gasteiger partial charge on any atom is 0.420 e. The van der Waals surface area contributed by atoms with Gasteiger partial charge in [-0.25, -0.2) is 9.59 Å². The van der Waals surface area contributed by atoms with Crippen LogP contribution < -0.4 is 0 Å². The SMILES string of the molecule is CCCCCCCCCCC(O)C(O)(O[C]=O)C(=O)OCCCCCC. The van der Waals surface area contributed by atoms with E-state index in [0.29, 0.717) is 12.8 Å². The highest BCUT2D eigenvalue weighted by molar-refractivity contribution is 5.79. The fourth-order valence-corrected chi connectivity index (χ4v) is 2.77. The van der Waals surface area contributed by atoms with Crippen LogP contribution in [0.25, 0.3) is 0 Å². The van der Waals surface area contributed by atoms with Crippen molar-refractivity contribution in [1.29, 1.82) is 0 Å². The predicted octanol–water partition coefficient (Wildman–Crippen LogP) is 3.77. The number of unbranched alkanes of at least 4 members (excludes halogenated alkanes) is 10. The quantitative estimate of drug-likeness (QED) is 0.216. The van der Waals surface area contributed by atoms with Gasteiger partial charge in [0.1, 0.15) is 6.10 Å². The molecule has 153 valence electrons. The molecule has 0 aliphatic carbocycles. The van der Waals surface area contributed by atoms with Gasteiger partial charge in [-0.3, -0.25) is 0 Å². The smallest absolute Gasteiger partial charge is 0.420 e. The summed E-state index contributed by atoms with van der Waals surface area (Å²) in [7, 11) is 0. The van der Waals surface area contributed by atoms with Crippen LogP contribution in [0.2, 0.25) is 0 Å². The Hall–Kier alpha value is -1.14. The van der Waals surface area contributed by atoms with E-state index in [1.807, 2.05) is 0 Å². The van der Waals surface area contributed by atoms with E-state index in [1.54, 1.807) is 0 Å². The lowest BCUT2D eigenvalue weighted by Crippen LogP contribution is -2.52. The third-order valence-electron chi connectivity index (χ3n) is 4.50. The van der Waals surface area contributed by atoms with Crippen LogP contribution in [0.15, 0.2) is 0 Å². The Kier molecular flexibility index (Phi) is 15.4. The van der Waals surface area contributed by atoms with Gasteiger partial charge in [0.2, 0.25) is 0 Å². The van der Waals surface area contributed by atoms with E-state index in [4.69, 9.17) is 4.74 Å². The molecule has 0 heterocycles. The van der Waals surface area contributed by atoms with Crippen LogP contribution in [0.5, 0.6) is 0 Å². The van der Waals surface area contributed by atoms with Crippen LogP contribution in [0, 0.1) is 0 Å². The number of hydrogen-bond acceptors (Lipinski definition) is 6. The molecule has 0 rings (SSSR count). The summed E-state index contributed by atoms with van der Waals surface area (Å²) >= 11 is 0. The molecule has 0 aromatic rings. The maximum absolute atomic E-state index is 12.0. The minimum absolute atomic E-state index is 0.119. The Morgan fingerprint density at radius 3 is 1.96 bits per heavy atom. The molecule has 0 saturated heterocycles. The topological polar surface area (TPSA) is 93.1 Å². The summed E-state index contributed by atoms with van der Waals surface area (Å²) in [5.41, 5.74) is 0. The molecule has 0 aromatic heterocycles. The van der Waals surface area contributed by atoms with Gasteiger partial charge in [-0.15, -0.1) is 0 Å². The average Bonchev–Trinajstić information content (AvgIpc) is 2.63. The molecule has 0 aromatic carbocycles.